The van der Waals surface area contributed by atoms with Crippen molar-refractivity contribution < 1.29 is 13.9 Å². The Labute approximate surface area is 191 Å². The second-order valence-corrected chi connectivity index (χ2v) is 8.55. The number of nitrogens with one attached hydrogen (secondary N) is 1. The summed E-state index contributed by atoms with van der Waals surface area (Å²) in [5, 5.41) is 2.77. The number of furan rings is 1. The second kappa shape index (κ2) is 10.5. The largest absolute Gasteiger partial charge is 0.472 e. The molecule has 3 heterocycles. The molecule has 0 atom stereocenters. The van der Waals surface area contributed by atoms with E-state index in [-0.39, 0.29) is 12.5 Å². The van der Waals surface area contributed by atoms with Crippen LogP contribution in [0.3, 0.4) is 0 Å². The fourth-order valence-electron chi connectivity index (χ4n) is 3.18. The van der Waals surface area contributed by atoms with Crippen LogP contribution in [0.5, 0.6) is 5.88 Å². The average molecular weight is 455 g/mol. The Morgan fingerprint density at radius 2 is 2.12 bits per heavy atom. The van der Waals surface area contributed by atoms with Crippen LogP contribution in [0.25, 0.3) is 0 Å². The van der Waals surface area contributed by atoms with E-state index >= 15 is 0 Å². The summed E-state index contributed by atoms with van der Waals surface area (Å²) in [6, 6.07) is 9.39. The van der Waals surface area contributed by atoms with E-state index in [1.807, 2.05) is 30.3 Å². The van der Waals surface area contributed by atoms with E-state index in [2.05, 4.69) is 27.1 Å². The molecular formula is C22H26N6O3S. The lowest BCUT2D eigenvalue weighted by Gasteiger charge is -2.32. The number of carbonyl (C=O) groups excluding carboxylic acids is 1. The molecular weight excluding hydrogens is 428 g/mol. The van der Waals surface area contributed by atoms with Crippen LogP contribution in [0.4, 0.5) is 11.6 Å². The third-order valence-electron chi connectivity index (χ3n) is 4.98. The maximum absolute atomic E-state index is 11.6. The molecule has 3 N–H and O–H groups in total. The van der Waals surface area contributed by atoms with E-state index < -0.39 is 0 Å². The van der Waals surface area contributed by atoms with Crippen molar-refractivity contribution in [3.63, 3.8) is 0 Å². The Hall–Kier alpha value is -3.08. The molecule has 0 unspecified atom stereocenters. The fourth-order valence-corrected chi connectivity index (χ4v) is 4.07. The number of likely N-dealkylation sites (N-methyl/N-ethyl adjacent to an activating group) is 1. The zero-order chi connectivity index (χ0) is 22.3. The Kier molecular flexibility index (Phi) is 7.25. The summed E-state index contributed by atoms with van der Waals surface area (Å²) in [7, 11) is 2.11. The van der Waals surface area contributed by atoms with Crippen molar-refractivity contribution in [3.8, 4) is 5.88 Å². The van der Waals surface area contributed by atoms with E-state index in [0.717, 1.165) is 41.5 Å². The van der Waals surface area contributed by atoms with Gasteiger partial charge in [0.15, 0.2) is 0 Å². The maximum atomic E-state index is 11.6. The van der Waals surface area contributed by atoms with E-state index in [9.17, 15) is 4.79 Å². The summed E-state index contributed by atoms with van der Waals surface area (Å²) in [5.74, 6) is 0.932. The van der Waals surface area contributed by atoms with Crippen LogP contribution >= 0.6 is 11.8 Å². The van der Waals surface area contributed by atoms with E-state index in [4.69, 9.17) is 19.9 Å². The predicted octanol–water partition coefficient (Wildman–Crippen LogP) is 2.45. The van der Waals surface area contributed by atoms with Gasteiger partial charge in [0.25, 0.3) is 0 Å². The van der Waals surface area contributed by atoms with Gasteiger partial charge in [0.1, 0.15) is 6.61 Å². The van der Waals surface area contributed by atoms with Crippen LogP contribution in [0.2, 0.25) is 0 Å². The Morgan fingerprint density at radius 3 is 2.88 bits per heavy atom. The van der Waals surface area contributed by atoms with Crippen molar-refractivity contribution in [2.75, 3.05) is 50.0 Å². The molecule has 0 saturated carbocycles. The van der Waals surface area contributed by atoms with E-state index in [1.165, 1.54) is 11.8 Å². The number of nitrogens with zero attached hydrogens (tertiary/aromatic N) is 4. The van der Waals surface area contributed by atoms with Gasteiger partial charge < -0.3 is 30.0 Å². The molecule has 1 aromatic carbocycles. The summed E-state index contributed by atoms with van der Waals surface area (Å²) in [6.45, 7) is 3.94. The second-order valence-electron chi connectivity index (χ2n) is 7.43. The lowest BCUT2D eigenvalue weighted by atomic mass is 10.3. The van der Waals surface area contributed by atoms with Gasteiger partial charge in [-0.15, -0.1) is 0 Å². The Bertz CT molecular complexity index is 1040. The van der Waals surface area contributed by atoms with Crippen LogP contribution in [0, 0.1) is 0 Å². The van der Waals surface area contributed by atoms with Gasteiger partial charge in [-0.3, -0.25) is 4.79 Å². The first kappa shape index (κ1) is 22.1. The molecule has 0 aliphatic carbocycles. The zero-order valence-corrected chi connectivity index (χ0v) is 18.7. The number of aromatic nitrogens is 2. The van der Waals surface area contributed by atoms with Crippen LogP contribution in [-0.4, -0.2) is 60.5 Å². The number of rotatable bonds is 8. The number of benzene rings is 1. The van der Waals surface area contributed by atoms with E-state index in [0.29, 0.717) is 24.1 Å². The molecule has 9 nitrogen and oxygen atoms in total. The van der Waals surface area contributed by atoms with E-state index in [1.54, 1.807) is 18.7 Å². The molecule has 0 spiro atoms. The number of hydrogen-bond acceptors (Lipinski definition) is 9. The first-order chi connectivity index (χ1) is 15.6. The molecule has 168 valence electrons. The highest BCUT2D eigenvalue weighted by molar-refractivity contribution is 7.99. The van der Waals surface area contributed by atoms with Gasteiger partial charge in [0.05, 0.1) is 30.2 Å². The first-order valence-corrected chi connectivity index (χ1v) is 11.1. The number of carbonyl (C=O) groups is 1. The summed E-state index contributed by atoms with van der Waals surface area (Å²) in [5.41, 5.74) is 7.00. The standard InChI is InChI=1S/C22H26N6O3S/c1-27-6-8-28(9-7-27)22-24-13-19(21(26-22)31-15-16-5-10-30-14-16)32-18-4-2-3-17(11-18)25-20(29)12-23/h2-5,10-11,13-14H,6-9,12,15,23H2,1H3,(H,25,29). The van der Waals surface area contributed by atoms with Crippen molar-refractivity contribution in [2.24, 2.45) is 5.73 Å². The normalized spacial score (nSPS) is 14.4. The number of nitrogens with two attached hydrogens (primary N) is 1. The van der Waals surface area contributed by atoms with Gasteiger partial charge in [-0.2, -0.15) is 4.98 Å². The Morgan fingerprint density at radius 1 is 1.28 bits per heavy atom. The predicted molar refractivity (Wildman–Crippen MR) is 123 cm³/mol. The minimum absolute atomic E-state index is 0.0645. The molecule has 1 aliphatic rings. The molecule has 2 aromatic heterocycles. The molecule has 1 saturated heterocycles. The molecule has 1 aliphatic heterocycles. The molecule has 1 amide bonds. The van der Waals surface area contributed by atoms with Crippen molar-refractivity contribution in [2.45, 2.75) is 16.4 Å². The number of piperazine rings is 1. The average Bonchev–Trinajstić information content (AvgIpc) is 3.33. The number of amides is 1. The van der Waals surface area contributed by atoms with Gasteiger partial charge in [-0.1, -0.05) is 17.8 Å². The van der Waals surface area contributed by atoms with Gasteiger partial charge >= 0.3 is 0 Å². The first-order valence-electron chi connectivity index (χ1n) is 10.3. The van der Waals surface area contributed by atoms with Gasteiger partial charge in [0.2, 0.25) is 17.7 Å². The third-order valence-corrected chi connectivity index (χ3v) is 5.97. The van der Waals surface area contributed by atoms with Crippen LogP contribution in [-0.2, 0) is 11.4 Å². The molecule has 1 fully saturated rings. The minimum atomic E-state index is -0.240. The number of hydrogen-bond donors (Lipinski definition) is 2. The van der Waals surface area contributed by atoms with Crippen LogP contribution < -0.4 is 20.7 Å². The maximum Gasteiger partial charge on any atom is 0.238 e. The number of anilines is 2. The summed E-state index contributed by atoms with van der Waals surface area (Å²) in [4.78, 5) is 27.1. The lowest BCUT2D eigenvalue weighted by Crippen LogP contribution is -2.45. The lowest BCUT2D eigenvalue weighted by molar-refractivity contribution is -0.114. The summed E-state index contributed by atoms with van der Waals surface area (Å²) in [6.07, 6.45) is 5.06. The smallest absolute Gasteiger partial charge is 0.238 e. The van der Waals surface area contributed by atoms with Gasteiger partial charge in [-0.05, 0) is 31.3 Å². The summed E-state index contributed by atoms with van der Waals surface area (Å²) >= 11 is 1.47. The molecule has 10 heteroatoms. The molecule has 0 radical (unpaired) electrons. The highest BCUT2D eigenvalue weighted by atomic mass is 32.2. The van der Waals surface area contributed by atoms with Crippen molar-refractivity contribution in [1.82, 2.24) is 14.9 Å². The van der Waals surface area contributed by atoms with Crippen molar-refractivity contribution in [1.29, 1.82) is 0 Å². The quantitative estimate of drug-likeness (QED) is 0.530. The fraction of sp³-hybridized carbons (Fsp3) is 0.318. The van der Waals surface area contributed by atoms with Gasteiger partial charge in [0, 0.05) is 42.3 Å². The molecule has 0 bridgehead atoms. The third kappa shape index (κ3) is 5.78. The van der Waals surface area contributed by atoms with Crippen LogP contribution in [0.15, 0.2) is 63.3 Å². The van der Waals surface area contributed by atoms with Gasteiger partial charge in [-0.25, -0.2) is 4.98 Å². The van der Waals surface area contributed by atoms with Crippen LogP contribution in [0.1, 0.15) is 5.56 Å². The Balaban J connectivity index is 1.55. The molecule has 4 rings (SSSR count). The number of ether oxygens (including phenoxy) is 1. The summed E-state index contributed by atoms with van der Waals surface area (Å²) < 4.78 is 11.2. The highest BCUT2D eigenvalue weighted by Crippen LogP contribution is 2.35. The topological polar surface area (TPSA) is 110 Å². The SMILES string of the molecule is CN1CCN(c2ncc(Sc3cccc(NC(=O)CN)c3)c(OCc3ccoc3)n2)CC1. The molecule has 32 heavy (non-hydrogen) atoms. The van der Waals surface area contributed by atoms with Crippen molar-refractivity contribution in [3.05, 3.63) is 54.6 Å². The zero-order valence-electron chi connectivity index (χ0n) is 17.9. The minimum Gasteiger partial charge on any atom is -0.472 e. The van der Waals surface area contributed by atoms with Crippen molar-refractivity contribution >= 4 is 29.3 Å². The molecule has 3 aromatic rings. The highest BCUT2D eigenvalue weighted by Gasteiger charge is 2.19. The monoisotopic (exact) mass is 454 g/mol.